The van der Waals surface area contributed by atoms with Gasteiger partial charge in [-0.15, -0.1) is 0 Å². The number of rotatable bonds is 6. The van der Waals surface area contributed by atoms with Crippen molar-refractivity contribution in [3.8, 4) is 0 Å². The van der Waals surface area contributed by atoms with Crippen molar-refractivity contribution >= 4 is 16.9 Å². The second-order valence-electron chi connectivity index (χ2n) is 8.72. The third-order valence-corrected chi connectivity index (χ3v) is 6.84. The lowest BCUT2D eigenvalue weighted by molar-refractivity contribution is -0.131. The number of furan rings is 1. The lowest BCUT2D eigenvalue weighted by atomic mass is 9.82. The Kier molecular flexibility index (Phi) is 4.87. The molecule has 1 aromatic carbocycles. The summed E-state index contributed by atoms with van der Waals surface area (Å²) in [6.07, 6.45) is 4.35. The monoisotopic (exact) mass is 408 g/mol. The van der Waals surface area contributed by atoms with E-state index in [1.54, 1.807) is 17.1 Å². The van der Waals surface area contributed by atoms with Gasteiger partial charge in [0.05, 0.1) is 6.61 Å². The van der Waals surface area contributed by atoms with Crippen molar-refractivity contribution in [3.63, 3.8) is 0 Å². The Hall–Kier alpha value is -2.64. The van der Waals surface area contributed by atoms with Crippen LogP contribution in [0.25, 0.3) is 11.0 Å². The maximum absolute atomic E-state index is 12.7. The molecule has 7 heteroatoms. The molecule has 0 spiro atoms. The molecular weight excluding hydrogens is 380 g/mol. The first-order valence-corrected chi connectivity index (χ1v) is 10.7. The quantitative estimate of drug-likeness (QED) is 0.677. The van der Waals surface area contributed by atoms with Gasteiger partial charge in [0.2, 0.25) is 5.91 Å². The van der Waals surface area contributed by atoms with E-state index in [1.807, 2.05) is 23.1 Å². The normalized spacial score (nSPS) is 24.1. The SMILES string of the molecule is CCc1oc2ccccc2c1CN1C[C@H]2CN(C(=O)Cn3cccn3)C[C@@]2(CO)C1. The number of likely N-dealkylation sites (tertiary alicyclic amines) is 2. The van der Waals surface area contributed by atoms with Gasteiger partial charge in [-0.05, 0) is 18.1 Å². The second kappa shape index (κ2) is 7.56. The highest BCUT2D eigenvalue weighted by atomic mass is 16.3. The number of carbonyl (C=O) groups is 1. The maximum Gasteiger partial charge on any atom is 0.244 e. The summed E-state index contributed by atoms with van der Waals surface area (Å²) in [7, 11) is 0. The van der Waals surface area contributed by atoms with Gasteiger partial charge in [-0.2, -0.15) is 5.10 Å². The summed E-state index contributed by atoms with van der Waals surface area (Å²) in [6.45, 7) is 6.29. The molecular formula is C23H28N4O3. The van der Waals surface area contributed by atoms with Gasteiger partial charge in [0.15, 0.2) is 0 Å². The number of para-hydroxylation sites is 1. The van der Waals surface area contributed by atoms with E-state index in [-0.39, 0.29) is 30.4 Å². The molecule has 0 bridgehead atoms. The van der Waals surface area contributed by atoms with Gasteiger partial charge in [0.1, 0.15) is 17.9 Å². The zero-order chi connectivity index (χ0) is 20.7. The van der Waals surface area contributed by atoms with Crippen molar-refractivity contribution in [1.82, 2.24) is 19.6 Å². The molecule has 2 atom stereocenters. The highest BCUT2D eigenvalue weighted by Crippen LogP contribution is 2.43. The van der Waals surface area contributed by atoms with Crippen LogP contribution in [0.15, 0.2) is 47.1 Å². The molecule has 0 unspecified atom stereocenters. The predicted molar refractivity (Wildman–Crippen MR) is 113 cm³/mol. The number of carbonyl (C=O) groups excluding carboxylic acids is 1. The molecule has 1 N–H and O–H groups in total. The van der Waals surface area contributed by atoms with Crippen LogP contribution in [0.3, 0.4) is 0 Å². The van der Waals surface area contributed by atoms with E-state index in [0.29, 0.717) is 13.1 Å². The summed E-state index contributed by atoms with van der Waals surface area (Å²) in [5.41, 5.74) is 1.95. The zero-order valence-electron chi connectivity index (χ0n) is 17.3. The molecule has 0 aliphatic carbocycles. The van der Waals surface area contributed by atoms with Gasteiger partial charge in [0.25, 0.3) is 0 Å². The highest BCUT2D eigenvalue weighted by Gasteiger charge is 2.53. The summed E-state index contributed by atoms with van der Waals surface area (Å²) in [6, 6.07) is 10.0. The van der Waals surface area contributed by atoms with Crippen LogP contribution >= 0.6 is 0 Å². The van der Waals surface area contributed by atoms with Crippen molar-refractivity contribution < 1.29 is 14.3 Å². The van der Waals surface area contributed by atoms with Gasteiger partial charge >= 0.3 is 0 Å². The average Bonchev–Trinajstić information content (AvgIpc) is 3.50. The topological polar surface area (TPSA) is 74.7 Å². The highest BCUT2D eigenvalue weighted by molar-refractivity contribution is 5.82. The number of aliphatic hydroxyl groups excluding tert-OH is 1. The molecule has 7 nitrogen and oxygen atoms in total. The Bertz CT molecular complexity index is 1040. The molecule has 5 rings (SSSR count). The molecule has 30 heavy (non-hydrogen) atoms. The van der Waals surface area contributed by atoms with Crippen LogP contribution in [0.1, 0.15) is 18.2 Å². The second-order valence-corrected chi connectivity index (χ2v) is 8.72. The number of nitrogens with zero attached hydrogens (tertiary/aromatic N) is 4. The number of benzene rings is 1. The number of aliphatic hydroxyl groups is 1. The minimum atomic E-state index is -0.244. The fourth-order valence-electron chi connectivity index (χ4n) is 5.29. The minimum absolute atomic E-state index is 0.0709. The first-order chi connectivity index (χ1) is 14.6. The van der Waals surface area contributed by atoms with E-state index in [9.17, 15) is 9.90 Å². The molecule has 0 saturated carbocycles. The zero-order valence-corrected chi connectivity index (χ0v) is 17.3. The number of hydrogen-bond acceptors (Lipinski definition) is 5. The van der Waals surface area contributed by atoms with Crippen LogP contribution in [-0.4, -0.2) is 63.4 Å². The van der Waals surface area contributed by atoms with Crippen molar-refractivity contribution in [1.29, 1.82) is 0 Å². The Morgan fingerprint density at radius 2 is 2.13 bits per heavy atom. The summed E-state index contributed by atoms with van der Waals surface area (Å²) in [5.74, 6) is 1.40. The molecule has 2 aliphatic rings. The van der Waals surface area contributed by atoms with E-state index >= 15 is 0 Å². The smallest absolute Gasteiger partial charge is 0.244 e. The predicted octanol–water partition coefficient (Wildman–Crippen LogP) is 2.14. The van der Waals surface area contributed by atoms with Crippen LogP contribution in [0.2, 0.25) is 0 Å². The van der Waals surface area contributed by atoms with Crippen LogP contribution in [0.4, 0.5) is 0 Å². The third kappa shape index (κ3) is 3.22. The fraction of sp³-hybridized carbons (Fsp3) is 0.478. The molecule has 2 fully saturated rings. The number of amides is 1. The summed E-state index contributed by atoms with van der Waals surface area (Å²) >= 11 is 0. The van der Waals surface area contributed by atoms with Crippen molar-refractivity contribution in [3.05, 3.63) is 54.0 Å². The van der Waals surface area contributed by atoms with Gasteiger partial charge in [-0.25, -0.2) is 0 Å². The van der Waals surface area contributed by atoms with Gasteiger partial charge in [-0.3, -0.25) is 14.4 Å². The molecule has 1 amide bonds. The third-order valence-electron chi connectivity index (χ3n) is 6.84. The van der Waals surface area contributed by atoms with E-state index in [2.05, 4.69) is 29.1 Å². The number of hydrogen-bond donors (Lipinski definition) is 1. The summed E-state index contributed by atoms with van der Waals surface area (Å²) < 4.78 is 7.72. The number of aromatic nitrogens is 2. The van der Waals surface area contributed by atoms with Crippen molar-refractivity contribution in [2.24, 2.45) is 11.3 Å². The van der Waals surface area contributed by atoms with E-state index < -0.39 is 0 Å². The lowest BCUT2D eigenvalue weighted by Crippen LogP contribution is -2.39. The van der Waals surface area contributed by atoms with Crippen molar-refractivity contribution in [2.75, 3.05) is 32.8 Å². The molecule has 158 valence electrons. The Labute approximate surface area is 175 Å². The van der Waals surface area contributed by atoms with Crippen molar-refractivity contribution in [2.45, 2.75) is 26.4 Å². The standard InChI is InChI=1S/C23H28N4O3/c1-2-20-19(18-6-3-4-7-21(18)30-20)12-25-10-17-11-26(15-23(17,14-25)16-28)22(29)13-27-9-5-8-24-27/h3-9,17,28H,2,10-16H2,1H3/t17-,23+/m0/s1. The molecule has 2 aromatic heterocycles. The van der Waals surface area contributed by atoms with Crippen LogP contribution in [0, 0.1) is 11.3 Å². The summed E-state index contributed by atoms with van der Waals surface area (Å²) in [5, 5.41) is 15.6. The largest absolute Gasteiger partial charge is 0.461 e. The molecule has 3 aromatic rings. The Balaban J connectivity index is 1.30. The van der Waals surface area contributed by atoms with Gasteiger partial charge < -0.3 is 14.4 Å². The maximum atomic E-state index is 12.7. The van der Waals surface area contributed by atoms with Crippen LogP contribution in [-0.2, 0) is 24.3 Å². The number of aryl methyl sites for hydroxylation is 1. The minimum Gasteiger partial charge on any atom is -0.461 e. The first kappa shape index (κ1) is 19.3. The van der Waals surface area contributed by atoms with Gasteiger partial charge in [0, 0.05) is 67.9 Å². The molecule has 4 heterocycles. The molecule has 2 aliphatic heterocycles. The first-order valence-electron chi connectivity index (χ1n) is 10.7. The van der Waals surface area contributed by atoms with Crippen LogP contribution < -0.4 is 0 Å². The van der Waals surface area contributed by atoms with E-state index in [4.69, 9.17) is 4.42 Å². The molecule has 0 radical (unpaired) electrons. The Morgan fingerprint density at radius 1 is 1.27 bits per heavy atom. The summed E-state index contributed by atoms with van der Waals surface area (Å²) in [4.78, 5) is 17.1. The van der Waals surface area contributed by atoms with Gasteiger partial charge in [-0.1, -0.05) is 25.1 Å². The van der Waals surface area contributed by atoms with E-state index in [0.717, 1.165) is 37.4 Å². The molecule has 2 saturated heterocycles. The average molecular weight is 409 g/mol. The fourth-order valence-corrected chi connectivity index (χ4v) is 5.29. The Morgan fingerprint density at radius 3 is 2.87 bits per heavy atom. The number of fused-ring (bicyclic) bond motifs is 2. The van der Waals surface area contributed by atoms with Crippen LogP contribution in [0.5, 0.6) is 0 Å². The van der Waals surface area contributed by atoms with E-state index in [1.165, 1.54) is 10.9 Å². The lowest BCUT2D eigenvalue weighted by Gasteiger charge is -2.27.